The van der Waals surface area contributed by atoms with Gasteiger partial charge < -0.3 is 9.52 Å². The van der Waals surface area contributed by atoms with Crippen LogP contribution in [0, 0.1) is 6.92 Å². The summed E-state index contributed by atoms with van der Waals surface area (Å²) >= 11 is 0. The average molecular weight is 297 g/mol. The summed E-state index contributed by atoms with van der Waals surface area (Å²) in [5, 5.41) is 10.7. The van der Waals surface area contributed by atoms with E-state index in [4.69, 9.17) is 4.42 Å². The summed E-state index contributed by atoms with van der Waals surface area (Å²) < 4.78 is 5.69. The lowest BCUT2D eigenvalue weighted by molar-refractivity contribution is 0.0396. The van der Waals surface area contributed by atoms with Crippen molar-refractivity contribution in [3.63, 3.8) is 0 Å². The van der Waals surface area contributed by atoms with Crippen LogP contribution in [0.4, 0.5) is 0 Å². The normalized spacial score (nSPS) is 23.8. The maximum atomic E-state index is 10.7. The summed E-state index contributed by atoms with van der Waals surface area (Å²) in [5.74, 6) is 2.02. The van der Waals surface area contributed by atoms with E-state index in [9.17, 15) is 5.11 Å². The quantitative estimate of drug-likeness (QED) is 0.925. The molecule has 2 heterocycles. The summed E-state index contributed by atoms with van der Waals surface area (Å²) in [6, 6.07) is 12.7. The predicted molar refractivity (Wildman–Crippen MR) is 85.8 cm³/mol. The topological polar surface area (TPSA) is 36.6 Å². The van der Waals surface area contributed by atoms with Crippen molar-refractivity contribution in [1.29, 1.82) is 0 Å². The first-order valence-corrected chi connectivity index (χ1v) is 8.21. The van der Waals surface area contributed by atoms with Gasteiger partial charge in [0.25, 0.3) is 0 Å². The van der Waals surface area contributed by atoms with Crippen LogP contribution in [0.3, 0.4) is 0 Å². The van der Waals surface area contributed by atoms with Crippen LogP contribution < -0.4 is 0 Å². The van der Waals surface area contributed by atoms with Crippen LogP contribution in [-0.4, -0.2) is 29.2 Å². The van der Waals surface area contributed by atoms with Crippen LogP contribution >= 0.6 is 0 Å². The van der Waals surface area contributed by atoms with Gasteiger partial charge in [0.1, 0.15) is 11.5 Å². The number of aliphatic hydroxyl groups excluding tert-OH is 1. The molecule has 1 saturated heterocycles. The second-order valence-corrected chi connectivity index (χ2v) is 6.82. The Morgan fingerprint density at radius 3 is 2.68 bits per heavy atom. The Balaban J connectivity index is 1.49. The molecule has 0 saturated carbocycles. The van der Waals surface area contributed by atoms with Crippen LogP contribution in [0.5, 0.6) is 0 Å². The Morgan fingerprint density at radius 1 is 1.18 bits per heavy atom. The molecule has 2 aliphatic rings. The van der Waals surface area contributed by atoms with E-state index < -0.39 is 0 Å². The highest BCUT2D eigenvalue weighted by atomic mass is 16.3. The van der Waals surface area contributed by atoms with Crippen LogP contribution in [-0.2, 0) is 18.4 Å². The Bertz CT molecular complexity index is 668. The van der Waals surface area contributed by atoms with E-state index in [0.29, 0.717) is 0 Å². The van der Waals surface area contributed by atoms with Gasteiger partial charge in [0, 0.05) is 5.41 Å². The van der Waals surface area contributed by atoms with E-state index in [-0.39, 0.29) is 11.5 Å². The van der Waals surface area contributed by atoms with Crippen molar-refractivity contribution in [3.05, 3.63) is 59.0 Å². The lowest BCUT2D eigenvalue weighted by Gasteiger charge is -2.42. The second kappa shape index (κ2) is 5.25. The molecule has 1 unspecified atom stereocenters. The van der Waals surface area contributed by atoms with Gasteiger partial charge in [-0.15, -0.1) is 0 Å². The fraction of sp³-hybridized carbons (Fsp3) is 0.474. The highest BCUT2D eigenvalue weighted by Crippen LogP contribution is 2.46. The largest absolute Gasteiger partial charge is 0.465 e. The SMILES string of the molecule is Cc1ccc(CN2CCC3(CC2)c2ccccc2CC3O)o1. The molecule has 3 heteroatoms. The van der Waals surface area contributed by atoms with Gasteiger partial charge in [0.05, 0.1) is 12.6 Å². The highest BCUT2D eigenvalue weighted by molar-refractivity contribution is 5.42. The monoisotopic (exact) mass is 297 g/mol. The average Bonchev–Trinajstić information content (AvgIpc) is 3.04. The molecule has 1 aromatic heterocycles. The third-order valence-corrected chi connectivity index (χ3v) is 5.53. The zero-order valence-electron chi connectivity index (χ0n) is 13.1. The molecule has 1 N–H and O–H groups in total. The van der Waals surface area contributed by atoms with E-state index in [1.165, 1.54) is 11.1 Å². The van der Waals surface area contributed by atoms with Crippen molar-refractivity contribution in [2.45, 2.75) is 44.2 Å². The van der Waals surface area contributed by atoms with E-state index in [1.807, 2.05) is 13.0 Å². The van der Waals surface area contributed by atoms with Crippen molar-refractivity contribution >= 4 is 0 Å². The van der Waals surface area contributed by atoms with Gasteiger partial charge in [-0.25, -0.2) is 0 Å². The van der Waals surface area contributed by atoms with Crippen molar-refractivity contribution in [3.8, 4) is 0 Å². The fourth-order valence-electron chi connectivity index (χ4n) is 4.27. The number of benzene rings is 1. The number of fused-ring (bicyclic) bond motifs is 2. The minimum atomic E-state index is -0.224. The Hall–Kier alpha value is -1.58. The van der Waals surface area contributed by atoms with E-state index in [2.05, 4.69) is 35.2 Å². The molecule has 3 nitrogen and oxygen atoms in total. The minimum Gasteiger partial charge on any atom is -0.465 e. The first-order valence-electron chi connectivity index (χ1n) is 8.21. The van der Waals surface area contributed by atoms with Gasteiger partial charge >= 0.3 is 0 Å². The maximum Gasteiger partial charge on any atom is 0.118 e. The molecule has 116 valence electrons. The fourth-order valence-corrected chi connectivity index (χ4v) is 4.27. The number of aryl methyl sites for hydroxylation is 1. The van der Waals surface area contributed by atoms with Gasteiger partial charge in [0.2, 0.25) is 0 Å². The third kappa shape index (κ3) is 2.20. The minimum absolute atomic E-state index is 0.0217. The van der Waals surface area contributed by atoms with Gasteiger partial charge in [-0.05, 0) is 62.5 Å². The highest BCUT2D eigenvalue weighted by Gasteiger charge is 2.47. The first kappa shape index (κ1) is 14.0. The molecule has 0 bridgehead atoms. The Morgan fingerprint density at radius 2 is 1.95 bits per heavy atom. The summed E-state index contributed by atoms with van der Waals surface area (Å²) in [6.45, 7) is 4.90. The summed E-state index contributed by atoms with van der Waals surface area (Å²) in [5.41, 5.74) is 2.70. The van der Waals surface area contributed by atoms with Crippen molar-refractivity contribution in [1.82, 2.24) is 4.90 Å². The van der Waals surface area contributed by atoms with Crippen LogP contribution in [0.25, 0.3) is 0 Å². The van der Waals surface area contributed by atoms with Gasteiger partial charge in [-0.1, -0.05) is 24.3 Å². The van der Waals surface area contributed by atoms with Crippen LogP contribution in [0.15, 0.2) is 40.8 Å². The first-order chi connectivity index (χ1) is 10.7. The smallest absolute Gasteiger partial charge is 0.118 e. The Labute approximate surface area is 131 Å². The van der Waals surface area contributed by atoms with Crippen molar-refractivity contribution < 1.29 is 9.52 Å². The van der Waals surface area contributed by atoms with Gasteiger partial charge in [-0.3, -0.25) is 4.90 Å². The molecule has 0 amide bonds. The zero-order valence-corrected chi connectivity index (χ0v) is 13.1. The van der Waals surface area contributed by atoms with Gasteiger partial charge in [0.15, 0.2) is 0 Å². The maximum absolute atomic E-state index is 10.7. The van der Waals surface area contributed by atoms with E-state index >= 15 is 0 Å². The summed E-state index contributed by atoms with van der Waals surface area (Å²) in [7, 11) is 0. The van der Waals surface area contributed by atoms with Crippen molar-refractivity contribution in [2.24, 2.45) is 0 Å². The number of rotatable bonds is 2. The molecule has 2 aromatic rings. The molecule has 1 spiro atoms. The number of piperidine rings is 1. The summed E-state index contributed by atoms with van der Waals surface area (Å²) in [4.78, 5) is 2.44. The molecular formula is C19H23NO2. The van der Waals surface area contributed by atoms with Crippen LogP contribution in [0.2, 0.25) is 0 Å². The van der Waals surface area contributed by atoms with Gasteiger partial charge in [-0.2, -0.15) is 0 Å². The predicted octanol–water partition coefficient (Wildman–Crippen LogP) is 3.04. The van der Waals surface area contributed by atoms with E-state index in [0.717, 1.165) is 50.4 Å². The van der Waals surface area contributed by atoms with Crippen molar-refractivity contribution in [2.75, 3.05) is 13.1 Å². The molecule has 0 radical (unpaired) electrons. The molecule has 4 rings (SSSR count). The molecule has 1 fully saturated rings. The lowest BCUT2D eigenvalue weighted by atomic mass is 9.72. The molecule has 22 heavy (non-hydrogen) atoms. The molecule has 1 aliphatic heterocycles. The molecule has 1 atom stereocenters. The lowest BCUT2D eigenvalue weighted by Crippen LogP contribution is -2.47. The summed E-state index contributed by atoms with van der Waals surface area (Å²) in [6.07, 6.45) is 2.65. The number of likely N-dealkylation sites (tertiary alicyclic amines) is 1. The van der Waals surface area contributed by atoms with Crippen LogP contribution in [0.1, 0.15) is 35.5 Å². The molecule has 1 aromatic carbocycles. The van der Waals surface area contributed by atoms with E-state index in [1.54, 1.807) is 0 Å². The molecule has 1 aliphatic carbocycles. The Kier molecular flexibility index (Phi) is 3.35. The standard InChI is InChI=1S/C19H23NO2/c1-14-6-7-16(22-14)13-20-10-8-19(9-11-20)17-5-3-2-4-15(17)12-18(19)21/h2-7,18,21H,8-13H2,1H3. The number of furan rings is 1. The molecular weight excluding hydrogens is 274 g/mol. The number of aliphatic hydroxyl groups is 1. The second-order valence-electron chi connectivity index (χ2n) is 6.82. The number of hydrogen-bond donors (Lipinski definition) is 1. The zero-order chi connectivity index (χ0) is 15.2. The third-order valence-electron chi connectivity index (χ3n) is 5.53. The number of hydrogen-bond acceptors (Lipinski definition) is 3. The number of nitrogens with zero attached hydrogens (tertiary/aromatic N) is 1.